The summed E-state index contributed by atoms with van der Waals surface area (Å²) in [7, 11) is 2.15. The number of nitrogens with zero attached hydrogens (tertiary/aromatic N) is 2. The van der Waals surface area contributed by atoms with Crippen molar-refractivity contribution < 1.29 is 5.11 Å². The van der Waals surface area contributed by atoms with Crippen LogP contribution >= 0.6 is 24.0 Å². The van der Waals surface area contributed by atoms with Crippen LogP contribution in [0.4, 0.5) is 0 Å². The van der Waals surface area contributed by atoms with Gasteiger partial charge in [0.15, 0.2) is 5.96 Å². The molecule has 2 atom stereocenters. The summed E-state index contributed by atoms with van der Waals surface area (Å²) in [5, 5.41) is 16.3. The molecule has 0 amide bonds. The first kappa shape index (κ1) is 24.1. The van der Waals surface area contributed by atoms with Gasteiger partial charge in [0, 0.05) is 31.6 Å². The van der Waals surface area contributed by atoms with Crippen molar-refractivity contribution in [1.82, 2.24) is 15.5 Å². The molecule has 0 radical (unpaired) electrons. The second-order valence-electron chi connectivity index (χ2n) is 6.17. The molecule has 2 unspecified atom stereocenters. The second kappa shape index (κ2) is 14.3. The van der Waals surface area contributed by atoms with Gasteiger partial charge in [0.2, 0.25) is 0 Å². The first-order valence-electron chi connectivity index (χ1n) is 9.00. The molecule has 0 heterocycles. The third kappa shape index (κ3) is 9.42. The van der Waals surface area contributed by atoms with Gasteiger partial charge in [0.25, 0.3) is 0 Å². The van der Waals surface area contributed by atoms with Gasteiger partial charge in [-0.1, -0.05) is 37.3 Å². The maximum Gasteiger partial charge on any atom is 0.191 e. The molecule has 0 bridgehead atoms. The fraction of sp³-hybridized carbons (Fsp3) is 0.632. The molecular formula is C19H35IN4O. The van der Waals surface area contributed by atoms with Crippen LogP contribution in [0.1, 0.15) is 38.7 Å². The fourth-order valence-electron chi connectivity index (χ4n) is 2.42. The summed E-state index contributed by atoms with van der Waals surface area (Å²) in [4.78, 5) is 6.98. The van der Waals surface area contributed by atoms with Gasteiger partial charge >= 0.3 is 0 Å². The number of guanidine groups is 1. The lowest BCUT2D eigenvalue weighted by Gasteiger charge is -2.24. The number of benzene rings is 1. The van der Waals surface area contributed by atoms with Crippen molar-refractivity contribution in [3.05, 3.63) is 35.9 Å². The number of aliphatic hydroxyl groups is 1. The maximum atomic E-state index is 9.64. The van der Waals surface area contributed by atoms with Crippen LogP contribution in [0.3, 0.4) is 0 Å². The molecule has 0 aromatic heterocycles. The molecule has 1 aromatic rings. The highest BCUT2D eigenvalue weighted by Crippen LogP contribution is 2.14. The molecule has 0 spiro atoms. The Labute approximate surface area is 170 Å². The van der Waals surface area contributed by atoms with Gasteiger partial charge in [-0.3, -0.25) is 4.99 Å². The number of aliphatic hydroxyl groups excluding tert-OH is 1. The van der Waals surface area contributed by atoms with Crippen LogP contribution in [0.5, 0.6) is 0 Å². The first-order valence-corrected chi connectivity index (χ1v) is 9.00. The first-order chi connectivity index (χ1) is 11.6. The normalized spacial score (nSPS) is 13.9. The summed E-state index contributed by atoms with van der Waals surface area (Å²) in [5.41, 5.74) is 1.12. The lowest BCUT2D eigenvalue weighted by Crippen LogP contribution is -2.42. The third-order valence-electron chi connectivity index (χ3n) is 4.41. The molecule has 5 nitrogen and oxygen atoms in total. The van der Waals surface area contributed by atoms with Crippen LogP contribution in [0.15, 0.2) is 35.3 Å². The van der Waals surface area contributed by atoms with Crippen molar-refractivity contribution in [3.63, 3.8) is 0 Å². The molecule has 1 aromatic carbocycles. The zero-order valence-corrected chi connectivity index (χ0v) is 18.4. The van der Waals surface area contributed by atoms with Crippen LogP contribution in [0, 0.1) is 0 Å². The van der Waals surface area contributed by atoms with Crippen LogP contribution in [0.25, 0.3) is 0 Å². The van der Waals surface area contributed by atoms with E-state index < -0.39 is 0 Å². The SMILES string of the molecule is CCNC(=NCC(CO)c1ccccc1)NCCN(C)C(C)CC.I. The molecule has 0 saturated heterocycles. The molecule has 6 heteroatoms. The van der Waals surface area contributed by atoms with Gasteiger partial charge < -0.3 is 20.6 Å². The topological polar surface area (TPSA) is 59.9 Å². The van der Waals surface area contributed by atoms with Crippen molar-refractivity contribution >= 4 is 29.9 Å². The minimum Gasteiger partial charge on any atom is -0.396 e. The van der Waals surface area contributed by atoms with Crippen molar-refractivity contribution in [2.24, 2.45) is 4.99 Å². The van der Waals surface area contributed by atoms with Gasteiger partial charge in [-0.05, 0) is 32.9 Å². The van der Waals surface area contributed by atoms with E-state index in [0.717, 1.165) is 37.6 Å². The summed E-state index contributed by atoms with van der Waals surface area (Å²) < 4.78 is 0. The molecule has 1 rings (SSSR count). The lowest BCUT2D eigenvalue weighted by molar-refractivity contribution is 0.255. The van der Waals surface area contributed by atoms with Gasteiger partial charge in [-0.2, -0.15) is 0 Å². The Bertz CT molecular complexity index is 470. The van der Waals surface area contributed by atoms with Crippen molar-refractivity contribution in [3.8, 4) is 0 Å². The van der Waals surface area contributed by atoms with Crippen LogP contribution in [0.2, 0.25) is 0 Å². The summed E-state index contributed by atoms with van der Waals surface area (Å²) in [6.07, 6.45) is 1.15. The molecule has 0 fully saturated rings. The molecule has 0 saturated carbocycles. The lowest BCUT2D eigenvalue weighted by atomic mass is 10.0. The molecule has 144 valence electrons. The number of likely N-dealkylation sites (N-methyl/N-ethyl adjacent to an activating group) is 1. The molecule has 0 aliphatic rings. The van der Waals surface area contributed by atoms with Crippen LogP contribution in [-0.2, 0) is 0 Å². The summed E-state index contributed by atoms with van der Waals surface area (Å²) in [6, 6.07) is 10.6. The molecular weight excluding hydrogens is 427 g/mol. The summed E-state index contributed by atoms with van der Waals surface area (Å²) in [5.74, 6) is 0.842. The van der Waals surface area contributed by atoms with E-state index in [4.69, 9.17) is 0 Å². The Morgan fingerprint density at radius 2 is 1.88 bits per heavy atom. The number of rotatable bonds is 10. The number of aliphatic imine (C=N–C) groups is 1. The van der Waals surface area contributed by atoms with E-state index in [2.05, 4.69) is 48.3 Å². The number of hydrogen-bond donors (Lipinski definition) is 3. The van der Waals surface area contributed by atoms with Crippen molar-refractivity contribution in [2.75, 3.05) is 39.8 Å². The average Bonchev–Trinajstić information content (AvgIpc) is 2.62. The zero-order chi connectivity index (χ0) is 17.8. The van der Waals surface area contributed by atoms with Crippen molar-refractivity contribution in [1.29, 1.82) is 0 Å². The van der Waals surface area contributed by atoms with Gasteiger partial charge in [0.05, 0.1) is 13.2 Å². The largest absolute Gasteiger partial charge is 0.396 e. The predicted octanol–water partition coefficient (Wildman–Crippen LogP) is 2.67. The van der Waals surface area contributed by atoms with E-state index in [0.29, 0.717) is 12.6 Å². The monoisotopic (exact) mass is 462 g/mol. The Morgan fingerprint density at radius 1 is 1.20 bits per heavy atom. The van der Waals surface area contributed by atoms with Gasteiger partial charge in [-0.25, -0.2) is 0 Å². The summed E-state index contributed by atoms with van der Waals surface area (Å²) in [6.45, 7) is 9.82. The number of nitrogens with one attached hydrogen (secondary N) is 2. The molecule has 3 N–H and O–H groups in total. The number of hydrogen-bond acceptors (Lipinski definition) is 3. The summed E-state index contributed by atoms with van der Waals surface area (Å²) >= 11 is 0. The van der Waals surface area contributed by atoms with Gasteiger partial charge in [-0.15, -0.1) is 24.0 Å². The average molecular weight is 462 g/mol. The van der Waals surface area contributed by atoms with E-state index >= 15 is 0 Å². The highest BCUT2D eigenvalue weighted by atomic mass is 127. The van der Waals surface area contributed by atoms with E-state index in [-0.39, 0.29) is 36.5 Å². The van der Waals surface area contributed by atoms with E-state index in [9.17, 15) is 5.11 Å². The zero-order valence-electron chi connectivity index (χ0n) is 16.0. The van der Waals surface area contributed by atoms with E-state index in [1.54, 1.807) is 0 Å². The molecule has 0 aliphatic carbocycles. The molecule has 25 heavy (non-hydrogen) atoms. The second-order valence-corrected chi connectivity index (χ2v) is 6.17. The Hall–Kier alpha value is -0.860. The van der Waals surface area contributed by atoms with Crippen LogP contribution in [-0.4, -0.2) is 61.8 Å². The smallest absolute Gasteiger partial charge is 0.191 e. The Kier molecular flexibility index (Phi) is 13.8. The highest BCUT2D eigenvalue weighted by molar-refractivity contribution is 14.0. The standard InChI is InChI=1S/C19H34N4O.HI/c1-5-16(3)23(4)13-12-21-19(20-6-2)22-14-18(15-24)17-10-8-7-9-11-17;/h7-11,16,18,24H,5-6,12-15H2,1-4H3,(H2,20,21,22);1H. The maximum absolute atomic E-state index is 9.64. The minimum absolute atomic E-state index is 0. The van der Waals surface area contributed by atoms with Crippen molar-refractivity contribution in [2.45, 2.75) is 39.2 Å². The highest BCUT2D eigenvalue weighted by Gasteiger charge is 2.10. The number of halogens is 1. The van der Waals surface area contributed by atoms with Crippen LogP contribution < -0.4 is 10.6 Å². The minimum atomic E-state index is 0. The predicted molar refractivity (Wildman–Crippen MR) is 118 cm³/mol. The third-order valence-corrected chi connectivity index (χ3v) is 4.41. The van der Waals surface area contributed by atoms with E-state index in [1.807, 2.05) is 30.3 Å². The Balaban J connectivity index is 0.00000576. The quantitative estimate of drug-likeness (QED) is 0.284. The fourth-order valence-corrected chi connectivity index (χ4v) is 2.42. The molecule has 0 aliphatic heterocycles. The van der Waals surface area contributed by atoms with E-state index in [1.165, 1.54) is 0 Å². The Morgan fingerprint density at radius 3 is 2.44 bits per heavy atom. The van der Waals surface area contributed by atoms with Gasteiger partial charge in [0.1, 0.15) is 0 Å².